The zero-order valence-electron chi connectivity index (χ0n) is 26.8. The molecule has 7 rings (SSSR count). The van der Waals surface area contributed by atoms with Crippen LogP contribution in [0.3, 0.4) is 0 Å². The number of hydrogen-bond donors (Lipinski definition) is 3. The summed E-state index contributed by atoms with van der Waals surface area (Å²) in [4.78, 5) is 33.8. The van der Waals surface area contributed by atoms with Gasteiger partial charge in [-0.25, -0.2) is 14.1 Å². The molecule has 0 saturated carbocycles. The van der Waals surface area contributed by atoms with E-state index in [2.05, 4.69) is 30.7 Å². The molecule has 3 aromatic heterocycles. The Labute approximate surface area is 270 Å². The van der Waals surface area contributed by atoms with Crippen LogP contribution >= 0.6 is 0 Å². The molecule has 2 unspecified atom stereocenters. The summed E-state index contributed by atoms with van der Waals surface area (Å²) in [5.74, 6) is -0.127. The first-order chi connectivity index (χ1) is 22.5. The van der Waals surface area contributed by atoms with Gasteiger partial charge in [0.1, 0.15) is 17.3 Å². The third-order valence-corrected chi connectivity index (χ3v) is 9.27. The number of hydrogen-bond acceptors (Lipinski definition) is 9. The Kier molecular flexibility index (Phi) is 7.64. The van der Waals surface area contributed by atoms with Gasteiger partial charge in [-0.05, 0) is 60.2 Å². The van der Waals surface area contributed by atoms with Crippen molar-refractivity contribution in [3.8, 4) is 16.9 Å². The molecule has 2 saturated heterocycles. The maximum absolute atomic E-state index is 15.4. The molecule has 0 radical (unpaired) electrons. The Morgan fingerprint density at radius 2 is 1.79 bits per heavy atom. The number of aliphatic hydroxyl groups excluding tert-OH is 1. The van der Waals surface area contributed by atoms with E-state index in [4.69, 9.17) is 0 Å². The van der Waals surface area contributed by atoms with Crippen LogP contribution in [0, 0.1) is 5.82 Å². The van der Waals surface area contributed by atoms with Crippen molar-refractivity contribution in [2.75, 3.05) is 23.3 Å². The van der Waals surface area contributed by atoms with E-state index < -0.39 is 18.0 Å². The van der Waals surface area contributed by atoms with Gasteiger partial charge in [0.05, 0.1) is 41.5 Å². The lowest BCUT2D eigenvalue weighted by molar-refractivity contribution is 0.281. The van der Waals surface area contributed by atoms with Crippen molar-refractivity contribution in [1.82, 2.24) is 29.9 Å². The van der Waals surface area contributed by atoms with Crippen LogP contribution in [0.1, 0.15) is 44.7 Å². The predicted octanol–water partition coefficient (Wildman–Crippen LogP) is 4.15. The minimum Gasteiger partial charge on any atom is -0.392 e. The number of benzene rings is 2. The van der Waals surface area contributed by atoms with Crippen molar-refractivity contribution in [3.05, 3.63) is 98.6 Å². The Bertz CT molecular complexity index is 2100. The first kappa shape index (κ1) is 30.7. The molecule has 2 bridgehead atoms. The van der Waals surface area contributed by atoms with Gasteiger partial charge in [-0.15, -0.1) is 0 Å². The van der Waals surface area contributed by atoms with Gasteiger partial charge in [0.25, 0.3) is 11.1 Å². The largest absolute Gasteiger partial charge is 0.392 e. The van der Waals surface area contributed by atoms with Gasteiger partial charge in [-0.3, -0.25) is 9.59 Å². The molecule has 47 heavy (non-hydrogen) atoms. The van der Waals surface area contributed by atoms with E-state index in [1.807, 2.05) is 39.1 Å². The molecule has 2 atom stereocenters. The Morgan fingerprint density at radius 1 is 1.02 bits per heavy atom. The lowest BCUT2D eigenvalue weighted by atomic mass is 9.86. The molecule has 12 heteroatoms. The number of piperazine rings is 1. The average Bonchev–Trinajstić information content (AvgIpc) is 3.29. The summed E-state index contributed by atoms with van der Waals surface area (Å²) in [6.07, 6.45) is 5.61. The summed E-state index contributed by atoms with van der Waals surface area (Å²) in [5, 5.41) is 26.3. The van der Waals surface area contributed by atoms with Gasteiger partial charge >= 0.3 is 0 Å². The summed E-state index contributed by atoms with van der Waals surface area (Å²) in [6, 6.07) is 14.6. The summed E-state index contributed by atoms with van der Waals surface area (Å²) in [6.45, 7) is 7.37. The van der Waals surface area contributed by atoms with Gasteiger partial charge in [-0.1, -0.05) is 32.9 Å². The lowest BCUT2D eigenvalue weighted by Gasteiger charge is -2.37. The first-order valence-corrected chi connectivity index (χ1v) is 15.8. The van der Waals surface area contributed by atoms with Crippen molar-refractivity contribution in [3.63, 3.8) is 0 Å². The fourth-order valence-corrected chi connectivity index (χ4v) is 6.80. The fraction of sp³-hybridized carbons (Fsp3) is 0.343. The number of pyridine rings is 1. The highest BCUT2D eigenvalue weighted by atomic mass is 19.1. The van der Waals surface area contributed by atoms with E-state index in [1.54, 1.807) is 37.4 Å². The number of aromatic nitrogens is 5. The average molecular weight is 637 g/mol. The molecule has 2 fully saturated rings. The third-order valence-electron chi connectivity index (χ3n) is 9.27. The van der Waals surface area contributed by atoms with E-state index >= 15 is 4.39 Å². The molecule has 2 aliphatic rings. The van der Waals surface area contributed by atoms with Crippen molar-refractivity contribution in [1.29, 1.82) is 0 Å². The standard InChI is InChI=1S/C35H37FN8O3/c1-35(2,3)21-12-20-15-39-44(34(47)32(20)27(36)13-21)30-7-5-6-25(26(30)19-45)28-14-29(33(46)42(4)41-28)40-31-11-10-24(18-38-31)43-22-8-9-23(43)17-37-16-22/h5-7,10-15,18,22-23,37,45H,8-9,16-17,19H2,1-4H3,(H,38,40). The highest BCUT2D eigenvalue weighted by molar-refractivity contribution is 5.83. The molecule has 2 aromatic carbocycles. The normalized spacial score (nSPS) is 17.8. The highest BCUT2D eigenvalue weighted by Crippen LogP contribution is 2.33. The number of fused-ring (bicyclic) bond motifs is 3. The number of nitrogens with one attached hydrogen (secondary N) is 2. The second-order valence-electron chi connectivity index (χ2n) is 13.3. The van der Waals surface area contributed by atoms with Crippen LogP contribution in [-0.2, 0) is 19.1 Å². The van der Waals surface area contributed by atoms with E-state index in [-0.39, 0.29) is 27.7 Å². The van der Waals surface area contributed by atoms with Crippen LogP contribution < -0.4 is 26.7 Å². The molecule has 5 heterocycles. The van der Waals surface area contributed by atoms with Gasteiger partial charge in [0, 0.05) is 48.7 Å². The number of anilines is 3. The summed E-state index contributed by atoms with van der Waals surface area (Å²) >= 11 is 0. The van der Waals surface area contributed by atoms with E-state index in [0.29, 0.717) is 40.1 Å². The summed E-state index contributed by atoms with van der Waals surface area (Å²) < 4.78 is 17.7. The topological polar surface area (TPSA) is 130 Å². The number of halogens is 1. The fourth-order valence-electron chi connectivity index (χ4n) is 6.80. The molecule has 0 amide bonds. The molecule has 0 aliphatic carbocycles. The maximum atomic E-state index is 15.4. The minimum atomic E-state index is -0.647. The Hall–Kier alpha value is -4.94. The molecule has 0 spiro atoms. The van der Waals surface area contributed by atoms with Crippen LogP contribution in [0.5, 0.6) is 0 Å². The maximum Gasteiger partial charge on any atom is 0.290 e. The van der Waals surface area contributed by atoms with E-state index in [9.17, 15) is 14.7 Å². The molecule has 3 N–H and O–H groups in total. The molecule has 2 aliphatic heterocycles. The SMILES string of the molecule is Cn1nc(-c2cccc(-n3ncc4cc(C(C)(C)C)cc(F)c4c3=O)c2CO)cc(Nc2ccc(N3C4CCC3CNC4)cn2)c1=O. The van der Waals surface area contributed by atoms with Crippen molar-refractivity contribution < 1.29 is 9.50 Å². The summed E-state index contributed by atoms with van der Waals surface area (Å²) in [5.41, 5.74) is 2.22. The van der Waals surface area contributed by atoms with Crippen LogP contribution in [0.15, 0.2) is 70.5 Å². The van der Waals surface area contributed by atoms with E-state index in [1.165, 1.54) is 16.9 Å². The number of nitrogens with zero attached hydrogens (tertiary/aromatic N) is 6. The monoisotopic (exact) mass is 636 g/mol. The van der Waals surface area contributed by atoms with Crippen LogP contribution in [0.4, 0.5) is 21.6 Å². The zero-order valence-corrected chi connectivity index (χ0v) is 26.8. The van der Waals surface area contributed by atoms with Crippen LogP contribution in [0.25, 0.3) is 27.7 Å². The second-order valence-corrected chi connectivity index (χ2v) is 13.3. The Morgan fingerprint density at radius 3 is 2.47 bits per heavy atom. The van der Waals surface area contributed by atoms with Crippen LogP contribution in [0.2, 0.25) is 0 Å². The molecule has 242 valence electrons. The van der Waals surface area contributed by atoms with Crippen LogP contribution in [-0.4, -0.2) is 54.8 Å². The number of aliphatic hydroxyl groups is 1. The van der Waals surface area contributed by atoms with Gasteiger partial charge in [-0.2, -0.15) is 14.9 Å². The van der Waals surface area contributed by atoms with Gasteiger partial charge in [0.15, 0.2) is 0 Å². The molecular weight excluding hydrogens is 599 g/mol. The van der Waals surface area contributed by atoms with Crippen molar-refractivity contribution in [2.45, 2.75) is 57.7 Å². The molecule has 11 nitrogen and oxygen atoms in total. The quantitative estimate of drug-likeness (QED) is 0.252. The summed E-state index contributed by atoms with van der Waals surface area (Å²) in [7, 11) is 1.54. The number of aryl methyl sites for hydroxylation is 1. The number of rotatable bonds is 6. The smallest absolute Gasteiger partial charge is 0.290 e. The first-order valence-electron chi connectivity index (χ1n) is 15.8. The lowest BCUT2D eigenvalue weighted by Crippen LogP contribution is -2.52. The predicted molar refractivity (Wildman–Crippen MR) is 180 cm³/mol. The van der Waals surface area contributed by atoms with Gasteiger partial charge in [0.2, 0.25) is 0 Å². The minimum absolute atomic E-state index is 0.0860. The van der Waals surface area contributed by atoms with Crippen molar-refractivity contribution >= 4 is 28.0 Å². The Balaban J connectivity index is 1.24. The van der Waals surface area contributed by atoms with E-state index in [0.717, 1.165) is 41.9 Å². The third kappa shape index (κ3) is 5.47. The zero-order chi connectivity index (χ0) is 33.0. The highest BCUT2D eigenvalue weighted by Gasteiger charge is 2.36. The van der Waals surface area contributed by atoms with Crippen molar-refractivity contribution in [2.24, 2.45) is 7.05 Å². The molecule has 5 aromatic rings. The molecular formula is C35H37FN8O3. The van der Waals surface area contributed by atoms with Gasteiger partial charge < -0.3 is 20.6 Å². The second kappa shape index (κ2) is 11.7.